The minimum atomic E-state index is 1.13. The highest BCUT2D eigenvalue weighted by atomic mass is 32.1. The number of anilines is 3. The Bertz CT molecular complexity index is 3730. The van der Waals surface area contributed by atoms with E-state index in [-0.39, 0.29) is 0 Å². The quantitative estimate of drug-likeness (QED) is 0.176. The SMILES string of the molecule is c1cc(-c2cccc3ccccc23)cc(N(c2ccc3cc4c(cc3c2)c2c3ccccc3n3c5ccccc5n4c23)c2cccc3c2sc2ccccc23)c1. The van der Waals surface area contributed by atoms with Gasteiger partial charge in [-0.2, -0.15) is 0 Å². The molecule has 0 atom stereocenters. The first kappa shape index (κ1) is 30.2. The molecule has 3 nitrogen and oxygen atoms in total. The van der Waals surface area contributed by atoms with Gasteiger partial charge in [-0.05, 0) is 99.4 Å². The number of thiophene rings is 1. The number of nitrogens with zero attached hydrogens (tertiary/aromatic N) is 3. The first-order valence-electron chi connectivity index (χ1n) is 19.2. The third kappa shape index (κ3) is 4.06. The van der Waals surface area contributed by atoms with Crippen LogP contribution < -0.4 is 4.90 Å². The molecular weight excluding hydrogens is 699 g/mol. The maximum Gasteiger partial charge on any atom is 0.131 e. The Morgan fingerprint density at radius 2 is 1.07 bits per heavy atom. The number of hydrogen-bond donors (Lipinski definition) is 0. The average Bonchev–Trinajstić information content (AvgIpc) is 3.99. The minimum absolute atomic E-state index is 1.13. The number of para-hydroxylation sites is 3. The molecule has 0 aliphatic rings. The highest BCUT2D eigenvalue weighted by Crippen LogP contribution is 2.47. The van der Waals surface area contributed by atoms with Crippen molar-refractivity contribution >= 4 is 114 Å². The lowest BCUT2D eigenvalue weighted by Gasteiger charge is -2.27. The summed E-state index contributed by atoms with van der Waals surface area (Å²) >= 11 is 1.88. The third-order valence-corrected chi connectivity index (χ3v) is 13.2. The maximum absolute atomic E-state index is 2.47. The standard InChI is InChI=1S/C52H31N3S/c1-2-16-38-32(12-1)13-10-19-39(38)34-14-9-15-36(28-34)53(47-24-11-20-41-40-17-4-8-25-49(40)56-51(41)47)37-27-26-33-31-48-43(30-35(33)29-37)50-42-18-3-5-21-44(42)54-45-22-6-7-23-46(45)55(48)52(50)54/h1-31H. The summed E-state index contributed by atoms with van der Waals surface area (Å²) in [5, 5.41) is 11.4. The van der Waals surface area contributed by atoms with Crippen LogP contribution in [0.3, 0.4) is 0 Å². The smallest absolute Gasteiger partial charge is 0.131 e. The third-order valence-electron chi connectivity index (χ3n) is 12.0. The fraction of sp³-hybridized carbons (Fsp3) is 0. The summed E-state index contributed by atoms with van der Waals surface area (Å²) in [4.78, 5) is 2.47. The Morgan fingerprint density at radius 1 is 0.393 bits per heavy atom. The zero-order valence-electron chi connectivity index (χ0n) is 30.1. The fourth-order valence-electron chi connectivity index (χ4n) is 9.57. The molecule has 56 heavy (non-hydrogen) atoms. The molecule has 0 bridgehead atoms. The van der Waals surface area contributed by atoms with Gasteiger partial charge >= 0.3 is 0 Å². The van der Waals surface area contributed by atoms with Crippen LogP contribution in [0.4, 0.5) is 17.1 Å². The lowest BCUT2D eigenvalue weighted by Crippen LogP contribution is -2.10. The molecule has 9 aromatic carbocycles. The number of fused-ring (bicyclic) bond motifs is 14. The number of hydrogen-bond acceptors (Lipinski definition) is 2. The van der Waals surface area contributed by atoms with Crippen LogP contribution in [0.1, 0.15) is 0 Å². The number of imidazole rings is 1. The predicted octanol–water partition coefficient (Wildman–Crippen LogP) is 14.9. The van der Waals surface area contributed by atoms with Crippen LogP contribution >= 0.6 is 11.3 Å². The molecule has 0 saturated carbocycles. The summed E-state index contributed by atoms with van der Waals surface area (Å²) in [6, 6.07) is 69.4. The maximum atomic E-state index is 2.47. The van der Waals surface area contributed by atoms with Crippen molar-refractivity contribution in [1.29, 1.82) is 0 Å². The van der Waals surface area contributed by atoms with Gasteiger partial charge in [-0.15, -0.1) is 11.3 Å². The van der Waals surface area contributed by atoms with E-state index < -0.39 is 0 Å². The van der Waals surface area contributed by atoms with Crippen molar-refractivity contribution in [2.24, 2.45) is 0 Å². The second-order valence-corrected chi connectivity index (χ2v) is 16.0. The largest absolute Gasteiger partial charge is 0.309 e. The van der Waals surface area contributed by atoms with Crippen LogP contribution in [-0.4, -0.2) is 8.80 Å². The molecule has 13 rings (SSSR count). The Balaban J connectivity index is 1.08. The van der Waals surface area contributed by atoms with Gasteiger partial charge in [0.05, 0.1) is 32.5 Å². The van der Waals surface area contributed by atoms with E-state index in [0.29, 0.717) is 0 Å². The van der Waals surface area contributed by atoms with E-state index in [4.69, 9.17) is 0 Å². The molecule has 0 unspecified atom stereocenters. The van der Waals surface area contributed by atoms with Crippen molar-refractivity contribution in [1.82, 2.24) is 8.80 Å². The number of rotatable bonds is 4. The van der Waals surface area contributed by atoms with Crippen molar-refractivity contribution < 1.29 is 0 Å². The van der Waals surface area contributed by atoms with Crippen molar-refractivity contribution in [3.63, 3.8) is 0 Å². The molecule has 4 heteroatoms. The molecule has 0 aliphatic heterocycles. The first-order chi connectivity index (χ1) is 27.8. The number of benzene rings is 9. The molecule has 0 N–H and O–H groups in total. The fourth-order valence-corrected chi connectivity index (χ4v) is 10.8. The molecule has 0 spiro atoms. The monoisotopic (exact) mass is 729 g/mol. The van der Waals surface area contributed by atoms with Gasteiger partial charge in [0.2, 0.25) is 0 Å². The molecule has 4 heterocycles. The molecule has 4 aromatic heterocycles. The summed E-state index contributed by atoms with van der Waals surface area (Å²) < 4.78 is 7.51. The van der Waals surface area contributed by atoms with Crippen LogP contribution in [0.15, 0.2) is 188 Å². The van der Waals surface area contributed by atoms with Gasteiger partial charge in [0.25, 0.3) is 0 Å². The van der Waals surface area contributed by atoms with Gasteiger partial charge in [-0.1, -0.05) is 121 Å². The van der Waals surface area contributed by atoms with E-state index in [2.05, 4.69) is 202 Å². The summed E-state index contributed by atoms with van der Waals surface area (Å²) in [6.07, 6.45) is 0. The van der Waals surface area contributed by atoms with E-state index in [1.54, 1.807) is 0 Å². The van der Waals surface area contributed by atoms with Gasteiger partial charge in [0, 0.05) is 43.0 Å². The van der Waals surface area contributed by atoms with E-state index >= 15 is 0 Å². The predicted molar refractivity (Wildman–Crippen MR) is 240 cm³/mol. The van der Waals surface area contributed by atoms with Crippen LogP contribution in [0.25, 0.3) is 96.7 Å². The average molecular weight is 730 g/mol. The Morgan fingerprint density at radius 3 is 1.96 bits per heavy atom. The van der Waals surface area contributed by atoms with Gasteiger partial charge in [0.1, 0.15) is 5.65 Å². The van der Waals surface area contributed by atoms with Crippen LogP contribution in [-0.2, 0) is 0 Å². The van der Waals surface area contributed by atoms with Gasteiger partial charge < -0.3 is 4.90 Å². The minimum Gasteiger partial charge on any atom is -0.309 e. The Labute approximate surface area is 325 Å². The molecule has 0 amide bonds. The van der Waals surface area contributed by atoms with Crippen molar-refractivity contribution in [3.8, 4) is 11.1 Å². The zero-order chi connectivity index (χ0) is 36.5. The Hall–Kier alpha value is -7.14. The van der Waals surface area contributed by atoms with Crippen LogP contribution in [0.2, 0.25) is 0 Å². The second kappa shape index (κ2) is 11.2. The molecule has 0 aliphatic carbocycles. The lowest BCUT2D eigenvalue weighted by molar-refractivity contribution is 1.29. The molecule has 0 fully saturated rings. The highest BCUT2D eigenvalue weighted by Gasteiger charge is 2.24. The molecule has 0 saturated heterocycles. The summed E-state index contributed by atoms with van der Waals surface area (Å²) in [5.41, 5.74) is 12.1. The Kier molecular flexibility index (Phi) is 6.04. The van der Waals surface area contributed by atoms with Gasteiger partial charge in [0.15, 0.2) is 0 Å². The van der Waals surface area contributed by atoms with Gasteiger partial charge in [-0.3, -0.25) is 8.80 Å². The summed E-state index contributed by atoms with van der Waals surface area (Å²) in [7, 11) is 0. The normalized spacial score (nSPS) is 12.3. The van der Waals surface area contributed by atoms with Crippen molar-refractivity contribution in [2.45, 2.75) is 0 Å². The first-order valence-corrected chi connectivity index (χ1v) is 20.0. The summed E-state index contributed by atoms with van der Waals surface area (Å²) in [5.74, 6) is 0. The number of aromatic nitrogens is 2. The van der Waals surface area contributed by atoms with Crippen molar-refractivity contribution in [2.75, 3.05) is 4.90 Å². The highest BCUT2D eigenvalue weighted by molar-refractivity contribution is 7.26. The summed E-state index contributed by atoms with van der Waals surface area (Å²) in [6.45, 7) is 0. The molecular formula is C52H31N3S. The van der Waals surface area contributed by atoms with E-state index in [9.17, 15) is 0 Å². The zero-order valence-corrected chi connectivity index (χ0v) is 31.0. The second-order valence-electron chi connectivity index (χ2n) is 14.9. The van der Waals surface area contributed by atoms with E-state index in [1.807, 2.05) is 11.3 Å². The topological polar surface area (TPSA) is 12.1 Å². The van der Waals surface area contributed by atoms with Crippen LogP contribution in [0.5, 0.6) is 0 Å². The van der Waals surface area contributed by atoms with Crippen molar-refractivity contribution in [3.05, 3.63) is 188 Å². The van der Waals surface area contributed by atoms with E-state index in [1.165, 1.54) is 102 Å². The molecule has 13 aromatic rings. The molecule has 260 valence electrons. The van der Waals surface area contributed by atoms with E-state index in [0.717, 1.165) is 11.4 Å². The molecule has 0 radical (unpaired) electrons. The lowest BCUT2D eigenvalue weighted by atomic mass is 9.97. The van der Waals surface area contributed by atoms with Crippen LogP contribution in [0, 0.1) is 0 Å². The van der Waals surface area contributed by atoms with Gasteiger partial charge in [-0.25, -0.2) is 0 Å².